The number of carbonyl (C=O) groups excluding carboxylic acids is 1. The largest absolute Gasteiger partial charge is 0.376 e. The highest BCUT2D eigenvalue weighted by Gasteiger charge is 2.13. The molecule has 0 atom stereocenters. The van der Waals surface area contributed by atoms with E-state index in [1.165, 1.54) is 30.4 Å². The molecule has 0 saturated heterocycles. The molecule has 3 heteroatoms. The maximum Gasteiger partial charge on any atom is 0.239 e. The van der Waals surface area contributed by atoms with Gasteiger partial charge in [0.05, 0.1) is 6.54 Å². The van der Waals surface area contributed by atoms with Gasteiger partial charge in [0.1, 0.15) is 0 Å². The van der Waals surface area contributed by atoms with Crippen molar-refractivity contribution in [3.05, 3.63) is 29.3 Å². The summed E-state index contributed by atoms with van der Waals surface area (Å²) in [6, 6.07) is 6.38. The van der Waals surface area contributed by atoms with Crippen LogP contribution in [0.4, 0.5) is 5.69 Å². The summed E-state index contributed by atoms with van der Waals surface area (Å²) in [5, 5.41) is 6.22. The number of hydrogen-bond acceptors (Lipinski definition) is 2. The van der Waals surface area contributed by atoms with Crippen LogP contribution in [0.3, 0.4) is 0 Å². The molecule has 0 radical (unpaired) electrons. The maximum absolute atomic E-state index is 11.7. The topological polar surface area (TPSA) is 41.1 Å². The minimum absolute atomic E-state index is 0.0851. The standard InChI is InChI=1S/C16H24N2O/c1-2-3-11-17-16(19)12-18-15-10-6-8-13-7-4-5-9-14(13)15/h6,8,10,18H,2-5,7,9,11-12H2,1H3,(H,17,19). The van der Waals surface area contributed by atoms with Crippen LogP contribution in [0.25, 0.3) is 0 Å². The smallest absolute Gasteiger partial charge is 0.239 e. The second kappa shape index (κ2) is 7.17. The van der Waals surface area contributed by atoms with Gasteiger partial charge in [-0.2, -0.15) is 0 Å². The van der Waals surface area contributed by atoms with Crippen LogP contribution in [-0.4, -0.2) is 19.0 Å². The van der Waals surface area contributed by atoms with Crippen LogP contribution in [0.1, 0.15) is 43.7 Å². The second-order valence-electron chi connectivity index (χ2n) is 5.21. The van der Waals surface area contributed by atoms with Gasteiger partial charge >= 0.3 is 0 Å². The fourth-order valence-electron chi connectivity index (χ4n) is 2.59. The summed E-state index contributed by atoms with van der Waals surface area (Å²) in [4.78, 5) is 11.7. The Morgan fingerprint density at radius 2 is 2.11 bits per heavy atom. The van der Waals surface area contributed by atoms with Gasteiger partial charge in [0, 0.05) is 12.2 Å². The third-order valence-electron chi connectivity index (χ3n) is 3.69. The van der Waals surface area contributed by atoms with Crippen molar-refractivity contribution in [2.24, 2.45) is 0 Å². The third kappa shape index (κ3) is 3.98. The molecule has 2 rings (SSSR count). The Hall–Kier alpha value is -1.51. The molecule has 0 aromatic heterocycles. The summed E-state index contributed by atoms with van der Waals surface area (Å²) in [5.41, 5.74) is 4.00. The molecule has 0 aliphatic heterocycles. The van der Waals surface area contributed by atoms with Gasteiger partial charge in [-0.05, 0) is 49.3 Å². The first-order valence-corrected chi connectivity index (χ1v) is 7.42. The Morgan fingerprint density at radius 1 is 1.26 bits per heavy atom. The van der Waals surface area contributed by atoms with E-state index in [0.29, 0.717) is 6.54 Å². The highest BCUT2D eigenvalue weighted by atomic mass is 16.1. The highest BCUT2D eigenvalue weighted by Crippen LogP contribution is 2.27. The van der Waals surface area contributed by atoms with Gasteiger partial charge in [-0.1, -0.05) is 25.5 Å². The lowest BCUT2D eigenvalue weighted by Crippen LogP contribution is -2.30. The first kappa shape index (κ1) is 13.9. The molecule has 1 aliphatic rings. The van der Waals surface area contributed by atoms with E-state index in [4.69, 9.17) is 0 Å². The number of rotatable bonds is 6. The number of anilines is 1. The Labute approximate surface area is 115 Å². The van der Waals surface area contributed by atoms with E-state index in [1.54, 1.807) is 0 Å². The van der Waals surface area contributed by atoms with Gasteiger partial charge in [-0.25, -0.2) is 0 Å². The zero-order chi connectivity index (χ0) is 13.5. The zero-order valence-corrected chi connectivity index (χ0v) is 11.8. The molecule has 104 valence electrons. The maximum atomic E-state index is 11.7. The number of unbranched alkanes of at least 4 members (excludes halogenated alkanes) is 1. The summed E-state index contributed by atoms with van der Waals surface area (Å²) < 4.78 is 0. The minimum atomic E-state index is 0.0851. The lowest BCUT2D eigenvalue weighted by Gasteiger charge is -2.20. The summed E-state index contributed by atoms with van der Waals surface area (Å²) in [5.74, 6) is 0.0851. The molecule has 1 aromatic carbocycles. The molecule has 0 saturated carbocycles. The van der Waals surface area contributed by atoms with E-state index in [0.717, 1.165) is 31.5 Å². The van der Waals surface area contributed by atoms with E-state index in [2.05, 4.69) is 35.8 Å². The average Bonchev–Trinajstić information content (AvgIpc) is 2.45. The normalized spacial score (nSPS) is 13.7. The van der Waals surface area contributed by atoms with Crippen molar-refractivity contribution < 1.29 is 4.79 Å². The zero-order valence-electron chi connectivity index (χ0n) is 11.8. The monoisotopic (exact) mass is 260 g/mol. The molecule has 0 heterocycles. The SMILES string of the molecule is CCCCNC(=O)CNc1cccc2c1CCCC2. The van der Waals surface area contributed by atoms with Gasteiger partial charge in [-0.3, -0.25) is 4.79 Å². The highest BCUT2D eigenvalue weighted by molar-refractivity contribution is 5.81. The number of nitrogens with one attached hydrogen (secondary N) is 2. The van der Waals surface area contributed by atoms with E-state index >= 15 is 0 Å². The lowest BCUT2D eigenvalue weighted by molar-refractivity contribution is -0.119. The summed E-state index contributed by atoms with van der Waals surface area (Å²) in [6.45, 7) is 3.28. The van der Waals surface area contributed by atoms with E-state index in [-0.39, 0.29) is 5.91 Å². The Bertz CT molecular complexity index is 429. The van der Waals surface area contributed by atoms with E-state index < -0.39 is 0 Å². The number of hydrogen-bond donors (Lipinski definition) is 2. The molecular formula is C16H24N2O. The van der Waals surface area contributed by atoms with Crippen molar-refractivity contribution in [1.29, 1.82) is 0 Å². The van der Waals surface area contributed by atoms with Crippen molar-refractivity contribution >= 4 is 11.6 Å². The molecule has 19 heavy (non-hydrogen) atoms. The molecule has 0 fully saturated rings. The molecule has 0 unspecified atom stereocenters. The van der Waals surface area contributed by atoms with Gasteiger partial charge in [0.15, 0.2) is 0 Å². The van der Waals surface area contributed by atoms with Crippen LogP contribution in [0, 0.1) is 0 Å². The Kier molecular flexibility index (Phi) is 5.25. The quantitative estimate of drug-likeness (QED) is 0.772. The van der Waals surface area contributed by atoms with Crippen molar-refractivity contribution in [2.45, 2.75) is 45.4 Å². The number of fused-ring (bicyclic) bond motifs is 1. The first-order valence-electron chi connectivity index (χ1n) is 7.42. The Balaban J connectivity index is 1.87. The second-order valence-corrected chi connectivity index (χ2v) is 5.21. The number of amides is 1. The predicted molar refractivity (Wildman–Crippen MR) is 79.5 cm³/mol. The minimum Gasteiger partial charge on any atom is -0.376 e. The number of aryl methyl sites for hydroxylation is 1. The molecule has 1 aromatic rings. The summed E-state index contributed by atoms with van der Waals surface area (Å²) >= 11 is 0. The fraction of sp³-hybridized carbons (Fsp3) is 0.562. The molecule has 0 bridgehead atoms. The van der Waals surface area contributed by atoms with Gasteiger partial charge in [0.25, 0.3) is 0 Å². The molecule has 1 amide bonds. The lowest BCUT2D eigenvalue weighted by atomic mass is 9.90. The van der Waals surface area contributed by atoms with Crippen molar-refractivity contribution in [3.8, 4) is 0 Å². The van der Waals surface area contributed by atoms with Crippen molar-refractivity contribution in [2.75, 3.05) is 18.4 Å². The average molecular weight is 260 g/mol. The van der Waals surface area contributed by atoms with Crippen molar-refractivity contribution in [1.82, 2.24) is 5.32 Å². The molecule has 3 nitrogen and oxygen atoms in total. The van der Waals surface area contributed by atoms with E-state index in [1.807, 2.05) is 0 Å². The Morgan fingerprint density at radius 3 is 2.95 bits per heavy atom. The van der Waals surface area contributed by atoms with E-state index in [9.17, 15) is 4.79 Å². The molecule has 2 N–H and O–H groups in total. The molecule has 0 spiro atoms. The summed E-state index contributed by atoms with van der Waals surface area (Å²) in [6.07, 6.45) is 7.01. The van der Waals surface area contributed by atoms with Gasteiger partial charge in [-0.15, -0.1) is 0 Å². The van der Waals surface area contributed by atoms with Crippen LogP contribution in [0.5, 0.6) is 0 Å². The fourth-order valence-corrected chi connectivity index (χ4v) is 2.59. The van der Waals surface area contributed by atoms with Crippen LogP contribution >= 0.6 is 0 Å². The van der Waals surface area contributed by atoms with Crippen LogP contribution in [0.15, 0.2) is 18.2 Å². The molecular weight excluding hydrogens is 236 g/mol. The van der Waals surface area contributed by atoms with Gasteiger partial charge < -0.3 is 10.6 Å². The molecule has 1 aliphatic carbocycles. The van der Waals surface area contributed by atoms with Gasteiger partial charge in [0.2, 0.25) is 5.91 Å². The van der Waals surface area contributed by atoms with Crippen LogP contribution < -0.4 is 10.6 Å². The summed E-state index contributed by atoms with van der Waals surface area (Å²) in [7, 11) is 0. The number of benzene rings is 1. The predicted octanol–water partition coefficient (Wildman–Crippen LogP) is 2.89. The number of carbonyl (C=O) groups is 1. The van der Waals surface area contributed by atoms with Crippen molar-refractivity contribution in [3.63, 3.8) is 0 Å². The van der Waals surface area contributed by atoms with Crippen LogP contribution in [-0.2, 0) is 17.6 Å². The first-order chi connectivity index (χ1) is 9.31. The third-order valence-corrected chi connectivity index (χ3v) is 3.69. The van der Waals surface area contributed by atoms with Crippen LogP contribution in [0.2, 0.25) is 0 Å².